The number of hydrogen-bond donors (Lipinski definition) is 3. The van der Waals surface area contributed by atoms with Crippen LogP contribution in [0, 0.1) is 34.0 Å². The molecule has 0 aromatic carbocycles. The van der Waals surface area contributed by atoms with Crippen LogP contribution in [0.5, 0.6) is 0 Å². The summed E-state index contributed by atoms with van der Waals surface area (Å²) in [5.74, 6) is -0.425. The Morgan fingerprint density at radius 3 is 2.31 bits per heavy atom. The van der Waals surface area contributed by atoms with Crippen molar-refractivity contribution in [1.82, 2.24) is 0 Å². The van der Waals surface area contributed by atoms with Crippen LogP contribution >= 0.6 is 0 Å². The topological polar surface area (TPSA) is 94.8 Å². The zero-order valence-corrected chi connectivity index (χ0v) is 23.0. The van der Waals surface area contributed by atoms with Crippen LogP contribution in [0.1, 0.15) is 113 Å². The molecule has 0 spiro atoms. The molecule has 0 heterocycles. The summed E-state index contributed by atoms with van der Waals surface area (Å²) in [5, 5.41) is 29.8. The number of hydrogen-bond acceptors (Lipinski definition) is 3. The number of allylic oxidation sites excluding steroid dienone is 3. The van der Waals surface area contributed by atoms with Gasteiger partial charge in [0.25, 0.3) is 0 Å². The van der Waals surface area contributed by atoms with Gasteiger partial charge in [-0.15, -0.1) is 0 Å². The molecular formula is C30H48O5. The molecule has 0 aliphatic heterocycles. The van der Waals surface area contributed by atoms with Crippen LogP contribution in [-0.2, 0) is 9.59 Å². The molecule has 3 aliphatic carbocycles. The number of rotatable bonds is 9. The van der Waals surface area contributed by atoms with Crippen LogP contribution in [0.3, 0.4) is 0 Å². The predicted molar refractivity (Wildman–Crippen MR) is 139 cm³/mol. The third-order valence-corrected chi connectivity index (χ3v) is 10.9. The summed E-state index contributed by atoms with van der Waals surface area (Å²) in [6.45, 7) is 15.0. The number of carbonyl (C=O) groups is 2. The lowest BCUT2D eigenvalue weighted by Gasteiger charge is -2.59. The molecule has 35 heavy (non-hydrogen) atoms. The van der Waals surface area contributed by atoms with Crippen LogP contribution in [0.25, 0.3) is 0 Å². The summed E-state index contributed by atoms with van der Waals surface area (Å²) in [6, 6.07) is 0. The first-order chi connectivity index (χ1) is 16.1. The molecule has 1 fully saturated rings. The fraction of sp³-hybridized carbons (Fsp3) is 0.800. The van der Waals surface area contributed by atoms with E-state index in [0.29, 0.717) is 23.8 Å². The Bertz CT molecular complexity index is 908. The first-order valence-corrected chi connectivity index (χ1v) is 13.6. The van der Waals surface area contributed by atoms with Gasteiger partial charge >= 0.3 is 11.9 Å². The quantitative estimate of drug-likeness (QED) is 0.240. The number of carboxylic acids is 2. The van der Waals surface area contributed by atoms with E-state index in [1.807, 2.05) is 19.9 Å². The molecule has 0 saturated heterocycles. The van der Waals surface area contributed by atoms with E-state index in [1.54, 1.807) is 12.5 Å². The summed E-state index contributed by atoms with van der Waals surface area (Å²) < 4.78 is 0. The lowest BCUT2D eigenvalue weighted by Crippen LogP contribution is -2.51. The largest absolute Gasteiger partial charge is 0.481 e. The van der Waals surface area contributed by atoms with Gasteiger partial charge in [0, 0.05) is 12.0 Å². The van der Waals surface area contributed by atoms with Gasteiger partial charge in [-0.25, -0.2) is 4.79 Å². The number of aliphatic carboxylic acids is 2. The van der Waals surface area contributed by atoms with Gasteiger partial charge < -0.3 is 15.3 Å². The third-order valence-electron chi connectivity index (χ3n) is 10.9. The summed E-state index contributed by atoms with van der Waals surface area (Å²) in [6.07, 6.45) is 10.7. The van der Waals surface area contributed by atoms with E-state index in [9.17, 15) is 19.8 Å². The number of aliphatic hydroxyl groups is 1. The van der Waals surface area contributed by atoms with Crippen molar-refractivity contribution in [3.63, 3.8) is 0 Å². The highest BCUT2D eigenvalue weighted by molar-refractivity contribution is 5.85. The molecule has 0 aromatic rings. The zero-order valence-electron chi connectivity index (χ0n) is 23.0. The lowest BCUT2D eigenvalue weighted by molar-refractivity contribution is -0.138. The Labute approximate surface area is 212 Å². The van der Waals surface area contributed by atoms with Crippen LogP contribution in [0.2, 0.25) is 0 Å². The van der Waals surface area contributed by atoms with Crippen LogP contribution < -0.4 is 0 Å². The highest BCUT2D eigenvalue weighted by Crippen LogP contribution is 2.71. The SMILES string of the molecule is CC(=CCCC(C)C1CCC2(C)C3=C(CCC12C)C(C)(CCC(=O)O)C(C(C)(C)O)CC3)C(=O)O. The number of fused-ring (bicyclic) bond motifs is 2. The lowest BCUT2D eigenvalue weighted by atomic mass is 9.46. The van der Waals surface area contributed by atoms with Gasteiger partial charge in [0.05, 0.1) is 5.60 Å². The summed E-state index contributed by atoms with van der Waals surface area (Å²) in [7, 11) is 0. The van der Waals surface area contributed by atoms with Crippen LogP contribution in [0.15, 0.2) is 22.8 Å². The second kappa shape index (κ2) is 9.68. The summed E-state index contributed by atoms with van der Waals surface area (Å²) in [5.41, 5.74) is 2.59. The molecule has 5 heteroatoms. The van der Waals surface area contributed by atoms with E-state index in [1.165, 1.54) is 12.0 Å². The van der Waals surface area contributed by atoms with Gasteiger partial charge in [-0.3, -0.25) is 4.79 Å². The number of carboxylic acid groups (broad SMARTS) is 2. The molecular weight excluding hydrogens is 440 g/mol. The van der Waals surface area contributed by atoms with Crippen molar-refractivity contribution in [2.75, 3.05) is 0 Å². The fourth-order valence-electron chi connectivity index (χ4n) is 8.75. The van der Waals surface area contributed by atoms with Crippen molar-refractivity contribution in [1.29, 1.82) is 0 Å². The van der Waals surface area contributed by atoms with Gasteiger partial charge in [0.15, 0.2) is 0 Å². The first kappa shape index (κ1) is 28.0. The monoisotopic (exact) mass is 488 g/mol. The molecule has 198 valence electrons. The zero-order chi connectivity index (χ0) is 26.4. The molecule has 1 saturated carbocycles. The third kappa shape index (κ3) is 4.86. The van der Waals surface area contributed by atoms with Crippen molar-refractivity contribution in [3.8, 4) is 0 Å². The van der Waals surface area contributed by atoms with E-state index >= 15 is 0 Å². The predicted octanol–water partition coefficient (Wildman–Crippen LogP) is 7.00. The Morgan fingerprint density at radius 2 is 1.74 bits per heavy atom. The van der Waals surface area contributed by atoms with Crippen molar-refractivity contribution < 1.29 is 24.9 Å². The average Bonchev–Trinajstić information content (AvgIpc) is 3.03. The average molecular weight is 489 g/mol. The molecule has 6 unspecified atom stereocenters. The van der Waals surface area contributed by atoms with Gasteiger partial charge in [0.2, 0.25) is 0 Å². The maximum Gasteiger partial charge on any atom is 0.330 e. The molecule has 0 amide bonds. The van der Waals surface area contributed by atoms with Gasteiger partial charge in [-0.2, -0.15) is 0 Å². The molecule has 0 radical (unpaired) electrons. The second-order valence-electron chi connectivity index (χ2n) is 13.2. The highest BCUT2D eigenvalue weighted by atomic mass is 16.4. The Balaban J connectivity index is 1.93. The molecule has 3 rings (SSSR count). The maximum atomic E-state index is 11.6. The molecule has 3 aliphatic rings. The van der Waals surface area contributed by atoms with Gasteiger partial charge in [-0.1, -0.05) is 44.9 Å². The molecule has 5 nitrogen and oxygen atoms in total. The summed E-state index contributed by atoms with van der Waals surface area (Å²) in [4.78, 5) is 22.7. The van der Waals surface area contributed by atoms with Crippen molar-refractivity contribution in [3.05, 3.63) is 22.8 Å². The first-order valence-electron chi connectivity index (χ1n) is 13.6. The minimum Gasteiger partial charge on any atom is -0.481 e. The maximum absolute atomic E-state index is 11.6. The molecule has 0 bridgehead atoms. The standard InChI is InChI=1S/C30H48O5/c1-19(9-8-10-20(2)26(33)34)21-13-17-30(7)23-11-12-24(27(3,4)35)28(5,16-15-25(31)32)22(23)14-18-29(21,30)6/h10,19,21,24,35H,8-9,11-18H2,1-7H3,(H,31,32)(H,33,34). The summed E-state index contributed by atoms with van der Waals surface area (Å²) >= 11 is 0. The van der Waals surface area contributed by atoms with E-state index < -0.39 is 17.5 Å². The molecule has 3 N–H and O–H groups in total. The second-order valence-corrected chi connectivity index (χ2v) is 13.2. The van der Waals surface area contributed by atoms with E-state index in [-0.39, 0.29) is 28.6 Å². The van der Waals surface area contributed by atoms with E-state index in [2.05, 4.69) is 27.7 Å². The van der Waals surface area contributed by atoms with Crippen LogP contribution in [-0.4, -0.2) is 32.9 Å². The molecule has 6 atom stereocenters. The Hall–Kier alpha value is -1.62. The van der Waals surface area contributed by atoms with E-state index in [0.717, 1.165) is 44.9 Å². The highest BCUT2D eigenvalue weighted by Gasteiger charge is 2.61. The fourth-order valence-corrected chi connectivity index (χ4v) is 8.75. The van der Waals surface area contributed by atoms with Gasteiger partial charge in [0.1, 0.15) is 0 Å². The van der Waals surface area contributed by atoms with Crippen LogP contribution in [0.4, 0.5) is 0 Å². The normalized spacial score (nSPS) is 36.5. The minimum atomic E-state index is -0.845. The smallest absolute Gasteiger partial charge is 0.330 e. The molecule has 0 aromatic heterocycles. The van der Waals surface area contributed by atoms with Crippen molar-refractivity contribution >= 4 is 11.9 Å². The Morgan fingerprint density at radius 1 is 1.09 bits per heavy atom. The minimum absolute atomic E-state index is 0.0569. The van der Waals surface area contributed by atoms with Crippen molar-refractivity contribution in [2.45, 2.75) is 118 Å². The van der Waals surface area contributed by atoms with Crippen molar-refractivity contribution in [2.24, 2.45) is 34.0 Å². The van der Waals surface area contributed by atoms with Gasteiger partial charge in [-0.05, 0) is 113 Å². The Kier molecular flexibility index (Phi) is 7.74. The van der Waals surface area contributed by atoms with E-state index in [4.69, 9.17) is 5.11 Å².